The molecule has 4 aromatic rings. The van der Waals surface area contributed by atoms with Crippen LogP contribution in [0.25, 0.3) is 30.9 Å². The van der Waals surface area contributed by atoms with Crippen molar-refractivity contribution < 1.29 is 48.0 Å². The molecule has 172 valence electrons. The van der Waals surface area contributed by atoms with E-state index in [-0.39, 0.29) is 24.8 Å². The Hall–Kier alpha value is -1.35. The second kappa shape index (κ2) is 9.19. The number of fused-ring (bicyclic) bond motifs is 9. The molecule has 1 unspecified atom stereocenters. The van der Waals surface area contributed by atoms with Crippen LogP contribution in [0.2, 0.25) is 19.1 Å². The number of halogens is 2. The van der Waals surface area contributed by atoms with E-state index < -0.39 is 31.3 Å². The number of rotatable bonds is 1. The average molecular weight is 605 g/mol. The molecule has 7 rings (SSSR count). The first-order valence-corrected chi connectivity index (χ1v) is 19.1. The molecule has 35 heavy (non-hydrogen) atoms. The summed E-state index contributed by atoms with van der Waals surface area (Å²) in [6, 6.07) is 29.1. The van der Waals surface area contributed by atoms with Crippen LogP contribution in [0, 0.1) is 0 Å². The molecule has 0 saturated carbocycles. The Kier molecular flexibility index (Phi) is 6.64. The first kappa shape index (κ1) is 25.3. The molecule has 1 aliphatic heterocycles. The summed E-state index contributed by atoms with van der Waals surface area (Å²) < 4.78 is 2.58. The van der Waals surface area contributed by atoms with Crippen LogP contribution < -0.4 is 24.8 Å². The van der Waals surface area contributed by atoms with Gasteiger partial charge in [0.1, 0.15) is 0 Å². The van der Waals surface area contributed by atoms with E-state index in [2.05, 4.69) is 98.9 Å². The van der Waals surface area contributed by atoms with Gasteiger partial charge < -0.3 is 24.8 Å². The van der Waals surface area contributed by atoms with Crippen molar-refractivity contribution in [3.8, 4) is 0 Å². The second-order valence-corrected chi connectivity index (χ2v) is 19.6. The Morgan fingerprint density at radius 3 is 2.23 bits per heavy atom. The third-order valence-electron chi connectivity index (χ3n) is 7.96. The minimum absolute atomic E-state index is 0. The summed E-state index contributed by atoms with van der Waals surface area (Å²) in [7, 11) is -1.43. The van der Waals surface area contributed by atoms with Gasteiger partial charge in [0.2, 0.25) is 0 Å². The molecule has 0 saturated heterocycles. The van der Waals surface area contributed by atoms with Crippen molar-refractivity contribution in [2.75, 3.05) is 0 Å². The molecule has 4 aromatic carbocycles. The Balaban J connectivity index is 0.00000127. The maximum absolute atomic E-state index is 2.67. The van der Waals surface area contributed by atoms with Gasteiger partial charge in [0.05, 0.1) is 0 Å². The summed E-state index contributed by atoms with van der Waals surface area (Å²) in [4.78, 5) is 0. The van der Waals surface area contributed by atoms with E-state index in [4.69, 9.17) is 0 Å². The minimum atomic E-state index is -1.75. The van der Waals surface area contributed by atoms with Crippen LogP contribution in [0.4, 0.5) is 0 Å². The molecular formula is C30H26Cl2Si2Zr. The topological polar surface area (TPSA) is 0 Å². The molecule has 1 atom stereocenters. The maximum Gasteiger partial charge on any atom is -1.00 e. The van der Waals surface area contributed by atoms with Gasteiger partial charge in [-0.25, -0.2) is 0 Å². The molecule has 0 amide bonds. The Morgan fingerprint density at radius 1 is 0.829 bits per heavy atom. The first-order valence-electron chi connectivity index (χ1n) is 12.1. The predicted molar refractivity (Wildman–Crippen MR) is 145 cm³/mol. The molecule has 0 spiro atoms. The third-order valence-corrected chi connectivity index (χ3v) is 18.8. The van der Waals surface area contributed by atoms with E-state index in [0.717, 1.165) is 3.63 Å². The van der Waals surface area contributed by atoms with Gasteiger partial charge in [-0.3, -0.25) is 0 Å². The fourth-order valence-electron chi connectivity index (χ4n) is 6.49. The van der Waals surface area contributed by atoms with Crippen molar-refractivity contribution >= 4 is 53.3 Å². The molecule has 0 N–H and O–H groups in total. The molecule has 3 aliphatic rings. The van der Waals surface area contributed by atoms with Crippen molar-refractivity contribution in [3.05, 3.63) is 105 Å². The van der Waals surface area contributed by atoms with Crippen LogP contribution in [0.5, 0.6) is 0 Å². The molecular weight excluding hydrogens is 579 g/mol. The van der Waals surface area contributed by atoms with Crippen molar-refractivity contribution in [1.29, 1.82) is 0 Å². The van der Waals surface area contributed by atoms with Crippen molar-refractivity contribution in [1.82, 2.24) is 0 Å². The van der Waals surface area contributed by atoms with Crippen molar-refractivity contribution in [2.45, 2.75) is 29.7 Å². The quantitative estimate of drug-likeness (QED) is 0.286. The largest absolute Gasteiger partial charge is 1.00 e. The maximum atomic E-state index is 2.67. The van der Waals surface area contributed by atoms with Gasteiger partial charge in [0.15, 0.2) is 0 Å². The second-order valence-electron chi connectivity index (χ2n) is 10.1. The summed E-state index contributed by atoms with van der Waals surface area (Å²) in [5, 5.41) is 11.2. The Labute approximate surface area is 234 Å². The number of hydrogen-bond donors (Lipinski definition) is 0. The molecule has 2 aliphatic carbocycles. The van der Waals surface area contributed by atoms with Gasteiger partial charge in [0, 0.05) is 0 Å². The summed E-state index contributed by atoms with van der Waals surface area (Å²) in [5.74, 6) is 0. The van der Waals surface area contributed by atoms with E-state index in [9.17, 15) is 0 Å². The van der Waals surface area contributed by atoms with Gasteiger partial charge in [-0.05, 0) is 0 Å². The van der Waals surface area contributed by atoms with E-state index in [1.54, 1.807) is 27.4 Å². The van der Waals surface area contributed by atoms with E-state index in [1.807, 2.05) is 13.7 Å². The number of benzene rings is 4. The Morgan fingerprint density at radius 2 is 1.49 bits per heavy atom. The van der Waals surface area contributed by atoms with Crippen LogP contribution in [0.15, 0.2) is 83.2 Å². The third kappa shape index (κ3) is 3.50. The SMILES string of the molecule is CC[SiH]=C1C2=[C]([Zr+2][CH]3C(=Cc4c3ccc3ccccc43)[Si]2(C)C)c2ccc3ccccc3c21.[Cl-].[Cl-]. The fourth-order valence-corrected chi connectivity index (χ4v) is 22.4. The summed E-state index contributed by atoms with van der Waals surface area (Å²) in [5.41, 5.74) is 6.44. The smallest absolute Gasteiger partial charge is 1.00 e. The van der Waals surface area contributed by atoms with Crippen LogP contribution >= 0.6 is 0 Å². The summed E-state index contributed by atoms with van der Waals surface area (Å²) >= 11 is -0.828. The molecule has 0 aromatic heterocycles. The molecule has 0 fully saturated rings. The zero-order valence-corrected chi connectivity index (χ0v) is 26.2. The monoisotopic (exact) mass is 602 g/mol. The van der Waals surface area contributed by atoms with Gasteiger partial charge in [-0.2, -0.15) is 0 Å². The fraction of sp³-hybridized carbons (Fsp3) is 0.167. The van der Waals surface area contributed by atoms with E-state index in [0.29, 0.717) is 9.13 Å². The molecule has 0 radical (unpaired) electrons. The normalized spacial score (nSPS) is 19.6. The first-order chi connectivity index (χ1) is 16.1. The van der Waals surface area contributed by atoms with Gasteiger partial charge in [-0.15, -0.1) is 0 Å². The van der Waals surface area contributed by atoms with E-state index >= 15 is 0 Å². The molecule has 0 bridgehead atoms. The predicted octanol–water partition coefficient (Wildman–Crippen LogP) is 1.14. The average Bonchev–Trinajstić information content (AvgIpc) is 3.37. The molecule has 1 heterocycles. The van der Waals surface area contributed by atoms with Crippen LogP contribution in [0.1, 0.15) is 32.8 Å². The molecule has 0 nitrogen and oxygen atoms in total. The number of hydrogen-bond acceptors (Lipinski definition) is 0. The van der Waals surface area contributed by atoms with Crippen molar-refractivity contribution in [2.24, 2.45) is 0 Å². The summed E-state index contributed by atoms with van der Waals surface area (Å²) in [6.07, 6.45) is 2.67. The Bertz CT molecular complexity index is 1610. The zero-order valence-electron chi connectivity index (χ0n) is 20.1. The summed E-state index contributed by atoms with van der Waals surface area (Å²) in [6.45, 7) is 7.72. The van der Waals surface area contributed by atoms with Crippen LogP contribution in [-0.4, -0.2) is 22.4 Å². The van der Waals surface area contributed by atoms with Crippen molar-refractivity contribution in [3.63, 3.8) is 0 Å². The molecule has 5 heteroatoms. The van der Waals surface area contributed by atoms with Crippen LogP contribution in [-0.2, 0) is 23.2 Å². The van der Waals surface area contributed by atoms with E-state index in [1.165, 1.54) is 27.6 Å². The number of allylic oxidation sites excluding steroid dienone is 2. The zero-order chi connectivity index (χ0) is 22.3. The van der Waals surface area contributed by atoms with Crippen LogP contribution in [0.3, 0.4) is 0 Å². The van der Waals surface area contributed by atoms with Gasteiger partial charge in [-0.1, -0.05) is 0 Å². The minimum Gasteiger partial charge on any atom is -1.00 e. The van der Waals surface area contributed by atoms with Gasteiger partial charge >= 0.3 is 212 Å². The van der Waals surface area contributed by atoms with Gasteiger partial charge in [0.25, 0.3) is 0 Å². The standard InChI is InChI=1S/C30H26Si2.2ClH.Zr/c1-4-31-30-28(18-23-16-14-21-10-6-8-12-26(21)29(23)30)32(2,3)24-17-22-15-13-20-9-5-7-11-25(20)27(22)19-24;;;/h5-17,19,31H,4H2,1-3H3;2*1H;/q;;;+2/p-2.